The molecule has 3 aromatic rings. The number of nitrogens with one attached hydrogen (secondary N) is 1. The number of aromatic nitrogens is 3. The predicted molar refractivity (Wildman–Crippen MR) is 126 cm³/mol. The first-order chi connectivity index (χ1) is 14.9. The summed E-state index contributed by atoms with van der Waals surface area (Å²) in [5.74, 6) is 1.14. The van der Waals surface area contributed by atoms with Crippen LogP contribution in [-0.2, 0) is 17.9 Å². The number of carbonyl (C=O) groups excluding carboxylic acids is 1. The maximum absolute atomic E-state index is 12.4. The molecule has 0 aliphatic rings. The summed E-state index contributed by atoms with van der Waals surface area (Å²) in [6.45, 7) is 8.37. The van der Waals surface area contributed by atoms with Crippen LogP contribution in [0.5, 0.6) is 5.75 Å². The zero-order chi connectivity index (χ0) is 22.4. The zero-order valence-corrected chi connectivity index (χ0v) is 19.5. The predicted octanol–water partition coefficient (Wildman–Crippen LogP) is 5.70. The third-order valence-corrected chi connectivity index (χ3v) is 5.87. The third-order valence-electron chi connectivity index (χ3n) is 4.35. The van der Waals surface area contributed by atoms with Gasteiger partial charge in [-0.2, -0.15) is 0 Å². The summed E-state index contributed by atoms with van der Waals surface area (Å²) in [6.07, 6.45) is 1.74. The second kappa shape index (κ2) is 10.7. The van der Waals surface area contributed by atoms with Crippen molar-refractivity contribution in [2.24, 2.45) is 0 Å². The largest absolute Gasteiger partial charge is 0.484 e. The number of allylic oxidation sites excluding steroid dienone is 1. The summed E-state index contributed by atoms with van der Waals surface area (Å²) < 4.78 is 7.62. The molecule has 0 aliphatic carbocycles. The van der Waals surface area contributed by atoms with Gasteiger partial charge in [0.25, 0.3) is 0 Å². The van der Waals surface area contributed by atoms with Gasteiger partial charge in [-0.05, 0) is 43.2 Å². The minimum Gasteiger partial charge on any atom is -0.484 e. The van der Waals surface area contributed by atoms with E-state index in [0.717, 1.165) is 16.8 Å². The molecule has 0 bridgehead atoms. The molecule has 0 saturated carbocycles. The molecule has 0 radical (unpaired) electrons. The van der Waals surface area contributed by atoms with Crippen LogP contribution in [0.1, 0.15) is 17.0 Å². The van der Waals surface area contributed by atoms with Gasteiger partial charge in [-0.15, -0.1) is 16.8 Å². The number of aryl methyl sites for hydroxylation is 2. The first-order valence-electron chi connectivity index (χ1n) is 9.48. The maximum Gasteiger partial charge on any atom is 0.234 e. The normalized spacial score (nSPS) is 10.7. The third kappa shape index (κ3) is 6.26. The van der Waals surface area contributed by atoms with Crippen molar-refractivity contribution in [1.29, 1.82) is 0 Å². The summed E-state index contributed by atoms with van der Waals surface area (Å²) in [4.78, 5) is 12.4. The van der Waals surface area contributed by atoms with Crippen LogP contribution in [0.4, 0.5) is 5.69 Å². The summed E-state index contributed by atoms with van der Waals surface area (Å²) in [5, 5.41) is 12.9. The van der Waals surface area contributed by atoms with Crippen LogP contribution in [0, 0.1) is 13.8 Å². The van der Waals surface area contributed by atoms with E-state index >= 15 is 0 Å². The fraction of sp³-hybridized carbons (Fsp3) is 0.227. The number of thioether (sulfide) groups is 1. The highest BCUT2D eigenvalue weighted by atomic mass is 35.5. The highest BCUT2D eigenvalue weighted by Gasteiger charge is 2.15. The first kappa shape index (κ1) is 23.2. The maximum atomic E-state index is 12.4. The molecule has 0 atom stereocenters. The number of ether oxygens (including phenoxy) is 1. The van der Waals surface area contributed by atoms with Crippen LogP contribution in [0.25, 0.3) is 0 Å². The lowest BCUT2D eigenvalue weighted by molar-refractivity contribution is -0.113. The molecule has 1 aromatic heterocycles. The van der Waals surface area contributed by atoms with E-state index in [2.05, 4.69) is 22.1 Å². The molecule has 31 heavy (non-hydrogen) atoms. The lowest BCUT2D eigenvalue weighted by Crippen LogP contribution is -2.15. The van der Waals surface area contributed by atoms with Crippen LogP contribution in [0.3, 0.4) is 0 Å². The van der Waals surface area contributed by atoms with Gasteiger partial charge in [-0.25, -0.2) is 0 Å². The van der Waals surface area contributed by atoms with E-state index in [1.165, 1.54) is 11.8 Å². The van der Waals surface area contributed by atoms with Crippen molar-refractivity contribution >= 4 is 46.6 Å². The summed E-state index contributed by atoms with van der Waals surface area (Å²) >= 11 is 13.5. The Morgan fingerprint density at radius 2 is 2.03 bits per heavy atom. The topological polar surface area (TPSA) is 69.0 Å². The Balaban J connectivity index is 1.65. The van der Waals surface area contributed by atoms with E-state index in [-0.39, 0.29) is 18.3 Å². The smallest absolute Gasteiger partial charge is 0.234 e. The van der Waals surface area contributed by atoms with Crippen molar-refractivity contribution in [3.8, 4) is 5.75 Å². The molecule has 0 saturated heterocycles. The molecule has 0 fully saturated rings. The SMILES string of the molecule is C=CCn1c(COc2cc(Cl)ccc2Cl)nnc1SCC(=O)Nc1cc(C)ccc1C. The standard InChI is InChI=1S/C22H22Cl2N4O2S/c1-4-9-28-20(12-30-19-11-16(23)7-8-17(19)24)26-27-22(28)31-13-21(29)25-18-10-14(2)5-6-15(18)3/h4-8,10-11H,1,9,12-13H2,2-3H3,(H,25,29). The fourth-order valence-corrected chi connectivity index (χ4v) is 3.86. The van der Waals surface area contributed by atoms with Gasteiger partial charge >= 0.3 is 0 Å². The molecule has 0 spiro atoms. The number of anilines is 1. The van der Waals surface area contributed by atoms with E-state index < -0.39 is 0 Å². The Kier molecular flexibility index (Phi) is 8.01. The Morgan fingerprint density at radius 3 is 2.81 bits per heavy atom. The summed E-state index contributed by atoms with van der Waals surface area (Å²) in [7, 11) is 0. The minimum atomic E-state index is -0.115. The molecular formula is C22H22Cl2N4O2S. The molecule has 9 heteroatoms. The number of halogens is 2. The minimum absolute atomic E-state index is 0.115. The molecule has 2 aromatic carbocycles. The molecule has 6 nitrogen and oxygen atoms in total. The van der Waals surface area contributed by atoms with Gasteiger partial charge in [-0.1, -0.05) is 53.2 Å². The molecule has 1 amide bonds. The number of carbonyl (C=O) groups is 1. The lowest BCUT2D eigenvalue weighted by atomic mass is 10.1. The molecular weight excluding hydrogens is 455 g/mol. The van der Waals surface area contributed by atoms with Gasteiger partial charge in [0.2, 0.25) is 5.91 Å². The van der Waals surface area contributed by atoms with Crippen molar-refractivity contribution in [2.45, 2.75) is 32.2 Å². The molecule has 1 heterocycles. The average Bonchev–Trinajstić information content (AvgIpc) is 3.12. The van der Waals surface area contributed by atoms with Gasteiger partial charge in [0.1, 0.15) is 12.4 Å². The van der Waals surface area contributed by atoms with Crippen LogP contribution < -0.4 is 10.1 Å². The number of nitrogens with zero attached hydrogens (tertiary/aromatic N) is 3. The van der Waals surface area contributed by atoms with Gasteiger partial charge in [-0.3, -0.25) is 9.36 Å². The Morgan fingerprint density at radius 1 is 1.23 bits per heavy atom. The monoisotopic (exact) mass is 476 g/mol. The Hall–Kier alpha value is -2.48. The highest BCUT2D eigenvalue weighted by molar-refractivity contribution is 7.99. The molecule has 0 aliphatic heterocycles. The fourth-order valence-electron chi connectivity index (χ4n) is 2.76. The molecule has 0 unspecified atom stereocenters. The van der Waals surface area contributed by atoms with Crippen molar-refractivity contribution < 1.29 is 9.53 Å². The lowest BCUT2D eigenvalue weighted by Gasteiger charge is -2.11. The van der Waals surface area contributed by atoms with Gasteiger partial charge < -0.3 is 10.1 Å². The van der Waals surface area contributed by atoms with E-state index in [1.54, 1.807) is 24.3 Å². The molecule has 3 rings (SSSR count). The van der Waals surface area contributed by atoms with Crippen LogP contribution in [0.2, 0.25) is 10.0 Å². The number of rotatable bonds is 9. The first-order valence-corrected chi connectivity index (χ1v) is 11.2. The van der Waals surface area contributed by atoms with E-state index in [9.17, 15) is 4.79 Å². The Bertz CT molecular complexity index is 1100. The van der Waals surface area contributed by atoms with Crippen molar-refractivity contribution in [1.82, 2.24) is 14.8 Å². The van der Waals surface area contributed by atoms with E-state index in [4.69, 9.17) is 27.9 Å². The summed E-state index contributed by atoms with van der Waals surface area (Å²) in [5.41, 5.74) is 2.91. The molecule has 162 valence electrons. The van der Waals surface area contributed by atoms with E-state index in [0.29, 0.717) is 33.3 Å². The van der Waals surface area contributed by atoms with E-state index in [1.807, 2.05) is 36.6 Å². The quantitative estimate of drug-likeness (QED) is 0.316. The highest BCUT2D eigenvalue weighted by Crippen LogP contribution is 2.28. The van der Waals surface area contributed by atoms with Crippen molar-refractivity contribution in [3.63, 3.8) is 0 Å². The van der Waals surface area contributed by atoms with Gasteiger partial charge in [0.05, 0.1) is 10.8 Å². The summed E-state index contributed by atoms with van der Waals surface area (Å²) in [6, 6.07) is 11.0. The van der Waals surface area contributed by atoms with Crippen LogP contribution in [-0.4, -0.2) is 26.4 Å². The average molecular weight is 477 g/mol. The second-order valence-electron chi connectivity index (χ2n) is 6.82. The second-order valence-corrected chi connectivity index (χ2v) is 8.60. The van der Waals surface area contributed by atoms with Crippen molar-refractivity contribution in [3.05, 3.63) is 76.0 Å². The van der Waals surface area contributed by atoms with Gasteiger partial charge in [0.15, 0.2) is 11.0 Å². The Labute approximate surface area is 195 Å². The number of amides is 1. The number of hydrogen-bond donors (Lipinski definition) is 1. The van der Waals surface area contributed by atoms with Crippen molar-refractivity contribution in [2.75, 3.05) is 11.1 Å². The van der Waals surface area contributed by atoms with Crippen LogP contribution >= 0.6 is 35.0 Å². The molecule has 1 N–H and O–H groups in total. The van der Waals surface area contributed by atoms with Crippen LogP contribution in [0.15, 0.2) is 54.2 Å². The number of hydrogen-bond acceptors (Lipinski definition) is 5. The zero-order valence-electron chi connectivity index (χ0n) is 17.2. The number of benzene rings is 2. The van der Waals surface area contributed by atoms with Gasteiger partial charge in [0, 0.05) is 23.3 Å².